The zero-order valence-corrected chi connectivity index (χ0v) is 14.5. The normalized spacial score (nSPS) is 12.0. The van der Waals surface area contributed by atoms with Crippen LogP contribution in [0.1, 0.15) is 18.5 Å². The molecule has 3 N–H and O–H groups in total. The van der Waals surface area contributed by atoms with Gasteiger partial charge in [0.1, 0.15) is 11.9 Å². The van der Waals surface area contributed by atoms with Crippen molar-refractivity contribution in [3.63, 3.8) is 0 Å². The molecule has 0 saturated carbocycles. The lowest BCUT2D eigenvalue weighted by Gasteiger charge is -2.12. The monoisotopic (exact) mass is 375 g/mol. The minimum atomic E-state index is -0.286. The van der Waals surface area contributed by atoms with E-state index in [0.717, 1.165) is 5.56 Å². The van der Waals surface area contributed by atoms with Gasteiger partial charge < -0.3 is 10.6 Å². The number of quaternary nitrogens is 1. The van der Waals surface area contributed by atoms with Crippen LogP contribution in [0.25, 0.3) is 0 Å². The molecule has 0 heterocycles. The summed E-state index contributed by atoms with van der Waals surface area (Å²) in [7, 11) is 0. The molecule has 122 valence electrons. The number of carbonyl (C=O) groups excluding carboxylic acids is 1. The molecule has 2 aromatic carbocycles. The van der Waals surface area contributed by atoms with Crippen molar-refractivity contribution >= 4 is 46.4 Å². The molecule has 0 radical (unpaired) electrons. The Morgan fingerprint density at radius 2 is 1.74 bits per heavy atom. The van der Waals surface area contributed by atoms with Gasteiger partial charge in [-0.3, -0.25) is 4.79 Å². The van der Waals surface area contributed by atoms with E-state index in [9.17, 15) is 9.18 Å². The van der Waals surface area contributed by atoms with Crippen LogP contribution in [0, 0.1) is 5.82 Å². The largest absolute Gasteiger partial charge is 0.333 e. The molecule has 0 bridgehead atoms. The topological polar surface area (TPSA) is 45.7 Å². The Bertz CT molecular complexity index is 684. The van der Waals surface area contributed by atoms with Crippen molar-refractivity contribution in [1.82, 2.24) is 0 Å². The maximum Gasteiger partial charge on any atom is 0.279 e. The third-order valence-corrected chi connectivity index (χ3v) is 4.14. The van der Waals surface area contributed by atoms with Crippen LogP contribution in [-0.4, -0.2) is 12.5 Å². The quantitative estimate of drug-likeness (QED) is 0.812. The second kappa shape index (κ2) is 7.97. The molecule has 23 heavy (non-hydrogen) atoms. The molecule has 0 spiro atoms. The summed E-state index contributed by atoms with van der Waals surface area (Å²) in [5.74, 6) is -0.532. The average molecular weight is 377 g/mol. The molecule has 0 aliphatic heterocycles. The maximum absolute atomic E-state index is 12.9. The molecule has 1 atom stereocenters. The van der Waals surface area contributed by atoms with E-state index in [1.807, 2.05) is 12.2 Å². The lowest BCUT2D eigenvalue weighted by Crippen LogP contribution is -2.86. The summed E-state index contributed by atoms with van der Waals surface area (Å²) >= 11 is 17.9. The average Bonchev–Trinajstić information content (AvgIpc) is 2.49. The van der Waals surface area contributed by atoms with Crippen LogP contribution in [0.4, 0.5) is 10.1 Å². The van der Waals surface area contributed by atoms with Crippen LogP contribution < -0.4 is 10.6 Å². The van der Waals surface area contributed by atoms with Gasteiger partial charge in [-0.05, 0) is 31.2 Å². The molecule has 0 aliphatic rings. The molecular weight excluding hydrogens is 362 g/mol. The van der Waals surface area contributed by atoms with Crippen molar-refractivity contribution in [3.05, 3.63) is 62.8 Å². The van der Waals surface area contributed by atoms with Crippen LogP contribution in [0.15, 0.2) is 36.4 Å². The number of rotatable bonds is 5. The summed E-state index contributed by atoms with van der Waals surface area (Å²) in [4.78, 5) is 12.0. The Morgan fingerprint density at radius 3 is 2.30 bits per heavy atom. The standard InChI is InChI=1S/C16H14Cl3FN2O/c1-9(10-2-4-12(20)5-3-10)21-8-15(23)22-16-13(18)6-11(17)7-14(16)19/h2-7,9,21H,8H2,1H3,(H,22,23)/p+1/t9-/m0/s1. The van der Waals surface area contributed by atoms with E-state index in [2.05, 4.69) is 5.32 Å². The van der Waals surface area contributed by atoms with Crippen LogP contribution in [0.2, 0.25) is 15.1 Å². The fraction of sp³-hybridized carbons (Fsp3) is 0.188. The first-order valence-electron chi connectivity index (χ1n) is 6.90. The Labute approximate surface area is 148 Å². The maximum atomic E-state index is 12.9. The molecule has 7 heteroatoms. The number of amides is 1. The van der Waals surface area contributed by atoms with E-state index in [-0.39, 0.29) is 34.4 Å². The Morgan fingerprint density at radius 1 is 1.17 bits per heavy atom. The highest BCUT2D eigenvalue weighted by molar-refractivity contribution is 6.42. The van der Waals surface area contributed by atoms with Gasteiger partial charge >= 0.3 is 0 Å². The van der Waals surface area contributed by atoms with Crippen molar-refractivity contribution < 1.29 is 14.5 Å². The van der Waals surface area contributed by atoms with Gasteiger partial charge in [0, 0.05) is 10.6 Å². The van der Waals surface area contributed by atoms with Crippen LogP contribution in [0.5, 0.6) is 0 Å². The third kappa shape index (κ3) is 5.08. The second-order valence-electron chi connectivity index (χ2n) is 5.07. The first-order valence-corrected chi connectivity index (χ1v) is 8.03. The van der Waals surface area contributed by atoms with Gasteiger partial charge in [-0.25, -0.2) is 4.39 Å². The van der Waals surface area contributed by atoms with Crippen molar-refractivity contribution in [2.45, 2.75) is 13.0 Å². The van der Waals surface area contributed by atoms with Gasteiger partial charge in [0.2, 0.25) is 0 Å². The molecule has 3 nitrogen and oxygen atoms in total. The number of nitrogens with two attached hydrogens (primary N) is 1. The van der Waals surface area contributed by atoms with Crippen molar-refractivity contribution in [1.29, 1.82) is 0 Å². The smallest absolute Gasteiger partial charge is 0.279 e. The van der Waals surface area contributed by atoms with E-state index in [1.165, 1.54) is 24.3 Å². The lowest BCUT2D eigenvalue weighted by atomic mass is 10.1. The third-order valence-electron chi connectivity index (χ3n) is 3.32. The molecule has 2 aromatic rings. The number of anilines is 1. The van der Waals surface area contributed by atoms with Crippen LogP contribution in [0.3, 0.4) is 0 Å². The zero-order valence-electron chi connectivity index (χ0n) is 12.2. The lowest BCUT2D eigenvalue weighted by molar-refractivity contribution is -0.682. The first kappa shape index (κ1) is 18.0. The molecule has 0 fully saturated rings. The predicted octanol–water partition coefficient (Wildman–Crippen LogP) is 4.05. The predicted molar refractivity (Wildman–Crippen MR) is 91.7 cm³/mol. The van der Waals surface area contributed by atoms with Crippen LogP contribution in [-0.2, 0) is 4.79 Å². The van der Waals surface area contributed by atoms with Gasteiger partial charge in [-0.2, -0.15) is 0 Å². The fourth-order valence-corrected chi connectivity index (χ4v) is 2.95. The van der Waals surface area contributed by atoms with Gasteiger partial charge in [0.05, 0.1) is 15.7 Å². The molecule has 0 unspecified atom stereocenters. The molecule has 0 saturated heterocycles. The number of hydrogen-bond acceptors (Lipinski definition) is 1. The molecule has 0 aromatic heterocycles. The van der Waals surface area contributed by atoms with Crippen molar-refractivity contribution in [3.8, 4) is 0 Å². The summed E-state index contributed by atoms with van der Waals surface area (Å²) < 4.78 is 12.9. The number of hydrogen-bond donors (Lipinski definition) is 2. The number of benzene rings is 2. The molecule has 2 rings (SSSR count). The summed E-state index contributed by atoms with van der Waals surface area (Å²) in [6.45, 7) is 2.11. The van der Waals surface area contributed by atoms with Crippen molar-refractivity contribution in [2.24, 2.45) is 0 Å². The van der Waals surface area contributed by atoms with E-state index >= 15 is 0 Å². The summed E-state index contributed by atoms with van der Waals surface area (Å²) in [5, 5.41) is 5.46. The second-order valence-corrected chi connectivity index (χ2v) is 6.32. The fourth-order valence-electron chi connectivity index (χ4n) is 2.04. The van der Waals surface area contributed by atoms with Gasteiger partial charge in [0.15, 0.2) is 6.54 Å². The van der Waals surface area contributed by atoms with Crippen molar-refractivity contribution in [2.75, 3.05) is 11.9 Å². The molecule has 0 aliphatic carbocycles. The highest BCUT2D eigenvalue weighted by Crippen LogP contribution is 2.33. The first-order chi connectivity index (χ1) is 10.9. The SMILES string of the molecule is C[C@H]([NH2+]CC(=O)Nc1c(Cl)cc(Cl)cc1Cl)c1ccc(F)cc1. The number of halogens is 4. The highest BCUT2D eigenvalue weighted by Gasteiger charge is 2.15. The van der Waals surface area contributed by atoms with Crippen LogP contribution >= 0.6 is 34.8 Å². The Kier molecular flexibility index (Phi) is 6.25. The number of nitrogens with one attached hydrogen (secondary N) is 1. The van der Waals surface area contributed by atoms with E-state index in [0.29, 0.717) is 10.7 Å². The minimum Gasteiger partial charge on any atom is -0.333 e. The summed E-state index contributed by atoms with van der Waals surface area (Å²) in [6.07, 6.45) is 0. The highest BCUT2D eigenvalue weighted by atomic mass is 35.5. The molecular formula is C16H15Cl3FN2O+. The van der Waals surface area contributed by atoms with E-state index in [4.69, 9.17) is 34.8 Å². The Hall–Kier alpha value is -1.33. The van der Waals surface area contributed by atoms with Gasteiger partial charge in [0.25, 0.3) is 5.91 Å². The number of carbonyl (C=O) groups is 1. The molecule has 1 amide bonds. The van der Waals surface area contributed by atoms with E-state index in [1.54, 1.807) is 12.1 Å². The zero-order chi connectivity index (χ0) is 17.0. The Balaban J connectivity index is 1.94. The minimum absolute atomic E-state index is 0.0116. The van der Waals surface area contributed by atoms with E-state index < -0.39 is 0 Å². The van der Waals surface area contributed by atoms with Gasteiger partial charge in [-0.15, -0.1) is 0 Å². The summed E-state index contributed by atoms with van der Waals surface area (Å²) in [5.41, 5.74) is 1.27. The summed E-state index contributed by atoms with van der Waals surface area (Å²) in [6, 6.07) is 9.21. The van der Waals surface area contributed by atoms with Gasteiger partial charge in [-0.1, -0.05) is 46.9 Å².